The molecule has 0 fully saturated rings. The van der Waals surface area contributed by atoms with E-state index in [-0.39, 0.29) is 21.4 Å². The first kappa shape index (κ1) is 15.3. The van der Waals surface area contributed by atoms with Crippen molar-refractivity contribution in [2.45, 2.75) is 25.9 Å². The third-order valence-corrected chi connectivity index (χ3v) is 3.61. The van der Waals surface area contributed by atoms with Crippen LogP contribution in [0, 0.1) is 0 Å². The molecule has 1 aromatic carbocycles. The third-order valence-electron chi connectivity index (χ3n) is 2.68. The van der Waals surface area contributed by atoms with Crippen molar-refractivity contribution in [1.82, 2.24) is 14.8 Å². The zero-order valence-electron chi connectivity index (χ0n) is 10.5. The average Bonchev–Trinajstić information content (AvgIpc) is 2.70. The fraction of sp³-hybridized carbons (Fsp3) is 0.333. The maximum absolute atomic E-state index is 12.9. The molecular weight excluding hydrogens is 359 g/mol. The van der Waals surface area contributed by atoms with Crippen molar-refractivity contribution in [2.24, 2.45) is 0 Å². The number of aromatic nitrogens is 3. The van der Waals surface area contributed by atoms with E-state index in [4.69, 9.17) is 11.6 Å². The Labute approximate surface area is 126 Å². The Morgan fingerprint density at radius 1 is 1.25 bits per heavy atom. The molecule has 0 N–H and O–H groups in total. The number of benzene rings is 1. The van der Waals surface area contributed by atoms with Crippen molar-refractivity contribution >= 4 is 27.5 Å². The molecule has 108 valence electrons. The molecule has 0 bridgehead atoms. The van der Waals surface area contributed by atoms with Gasteiger partial charge in [-0.05, 0) is 29.8 Å². The van der Waals surface area contributed by atoms with Gasteiger partial charge in [-0.2, -0.15) is 13.2 Å². The molecule has 0 unspecified atom stereocenters. The summed E-state index contributed by atoms with van der Waals surface area (Å²) in [5.74, 6) is 0.485. The highest BCUT2D eigenvalue weighted by Crippen LogP contribution is 2.36. The van der Waals surface area contributed by atoms with Crippen LogP contribution in [0.15, 0.2) is 22.7 Å². The average molecular weight is 369 g/mol. The summed E-state index contributed by atoms with van der Waals surface area (Å²) in [4.78, 5) is 0. The molecule has 0 saturated carbocycles. The van der Waals surface area contributed by atoms with Gasteiger partial charge in [-0.25, -0.2) is 0 Å². The van der Waals surface area contributed by atoms with Gasteiger partial charge in [-0.3, -0.25) is 4.57 Å². The first-order valence-electron chi connectivity index (χ1n) is 5.69. The van der Waals surface area contributed by atoms with Gasteiger partial charge in [0.25, 0.3) is 0 Å². The molecule has 2 aromatic rings. The first-order valence-corrected chi connectivity index (χ1v) is 6.87. The number of hydrogen-bond donors (Lipinski definition) is 0. The van der Waals surface area contributed by atoms with Crippen LogP contribution in [0.2, 0.25) is 5.28 Å². The standard InChI is InChI=1S/C12H10BrClF3N3/c1-6(2)10-18-19-11(14)20(10)7-3-4-9(13)8(5-7)12(15,16)17/h3-6H,1-2H3. The highest BCUT2D eigenvalue weighted by Gasteiger charge is 2.33. The number of rotatable bonds is 2. The lowest BCUT2D eigenvalue weighted by Crippen LogP contribution is -2.09. The minimum Gasteiger partial charge on any atom is -0.270 e. The summed E-state index contributed by atoms with van der Waals surface area (Å²) in [5.41, 5.74) is -0.492. The Kier molecular flexibility index (Phi) is 4.11. The smallest absolute Gasteiger partial charge is 0.270 e. The summed E-state index contributed by atoms with van der Waals surface area (Å²) in [6.07, 6.45) is -4.45. The molecule has 0 aliphatic rings. The second-order valence-electron chi connectivity index (χ2n) is 4.48. The van der Waals surface area contributed by atoms with Gasteiger partial charge < -0.3 is 0 Å². The lowest BCUT2D eigenvalue weighted by Gasteiger charge is -2.14. The van der Waals surface area contributed by atoms with E-state index < -0.39 is 11.7 Å². The van der Waals surface area contributed by atoms with Gasteiger partial charge in [-0.15, -0.1) is 10.2 Å². The molecule has 0 saturated heterocycles. The molecule has 8 heteroatoms. The lowest BCUT2D eigenvalue weighted by atomic mass is 10.1. The third kappa shape index (κ3) is 2.83. The Morgan fingerprint density at radius 2 is 1.90 bits per heavy atom. The SMILES string of the molecule is CC(C)c1nnc(Cl)n1-c1ccc(Br)c(C(F)(F)F)c1. The summed E-state index contributed by atoms with van der Waals surface area (Å²) >= 11 is 8.83. The Bertz CT molecular complexity index is 637. The Morgan fingerprint density at radius 3 is 2.45 bits per heavy atom. The first-order chi connectivity index (χ1) is 9.21. The van der Waals surface area contributed by atoms with E-state index >= 15 is 0 Å². The number of nitrogens with zero attached hydrogens (tertiary/aromatic N) is 3. The van der Waals surface area contributed by atoms with Crippen molar-refractivity contribution < 1.29 is 13.2 Å². The van der Waals surface area contributed by atoms with Crippen molar-refractivity contribution in [3.05, 3.63) is 39.3 Å². The second kappa shape index (κ2) is 5.37. The van der Waals surface area contributed by atoms with Gasteiger partial charge in [0.05, 0.1) is 11.3 Å². The van der Waals surface area contributed by atoms with Gasteiger partial charge >= 0.3 is 6.18 Å². The number of alkyl halides is 3. The molecule has 0 aliphatic heterocycles. The predicted octanol–water partition coefficient (Wildman–Crippen LogP) is 4.83. The van der Waals surface area contributed by atoms with Gasteiger partial charge in [0.15, 0.2) is 0 Å². The van der Waals surface area contributed by atoms with Crippen LogP contribution < -0.4 is 0 Å². The highest BCUT2D eigenvalue weighted by atomic mass is 79.9. The zero-order chi connectivity index (χ0) is 15.1. The largest absolute Gasteiger partial charge is 0.417 e. The van der Waals surface area contributed by atoms with E-state index in [0.29, 0.717) is 5.82 Å². The molecule has 1 heterocycles. The zero-order valence-corrected chi connectivity index (χ0v) is 12.9. The summed E-state index contributed by atoms with van der Waals surface area (Å²) in [6, 6.07) is 3.88. The van der Waals surface area contributed by atoms with E-state index in [1.807, 2.05) is 13.8 Å². The maximum Gasteiger partial charge on any atom is 0.417 e. The Balaban J connectivity index is 2.63. The lowest BCUT2D eigenvalue weighted by molar-refractivity contribution is -0.138. The van der Waals surface area contributed by atoms with Crippen molar-refractivity contribution in [3.63, 3.8) is 0 Å². The van der Waals surface area contributed by atoms with Crippen LogP contribution in [0.4, 0.5) is 13.2 Å². The van der Waals surface area contributed by atoms with Crippen molar-refractivity contribution in [3.8, 4) is 5.69 Å². The van der Waals surface area contributed by atoms with E-state index in [9.17, 15) is 13.2 Å². The predicted molar refractivity (Wildman–Crippen MR) is 73.2 cm³/mol. The number of hydrogen-bond acceptors (Lipinski definition) is 2. The van der Waals surface area contributed by atoms with Crippen LogP contribution in [0.5, 0.6) is 0 Å². The molecule has 0 radical (unpaired) electrons. The van der Waals surface area contributed by atoms with E-state index in [0.717, 1.165) is 6.07 Å². The van der Waals surface area contributed by atoms with Crippen LogP contribution in [-0.4, -0.2) is 14.8 Å². The van der Waals surface area contributed by atoms with E-state index in [1.165, 1.54) is 16.7 Å². The summed E-state index contributed by atoms with van der Waals surface area (Å²) in [7, 11) is 0. The van der Waals surface area contributed by atoms with Crippen LogP contribution in [-0.2, 0) is 6.18 Å². The van der Waals surface area contributed by atoms with Crippen LogP contribution in [0.1, 0.15) is 31.2 Å². The van der Waals surface area contributed by atoms with Crippen LogP contribution >= 0.6 is 27.5 Å². The summed E-state index contributed by atoms with van der Waals surface area (Å²) in [6.45, 7) is 3.72. The quantitative estimate of drug-likeness (QED) is 0.760. The summed E-state index contributed by atoms with van der Waals surface area (Å²) in [5, 5.41) is 7.64. The van der Waals surface area contributed by atoms with E-state index in [2.05, 4.69) is 26.1 Å². The molecule has 0 aliphatic carbocycles. The van der Waals surface area contributed by atoms with Gasteiger partial charge in [-0.1, -0.05) is 29.8 Å². The minimum atomic E-state index is -4.45. The topological polar surface area (TPSA) is 30.7 Å². The molecule has 1 aromatic heterocycles. The molecular formula is C12H10BrClF3N3. The molecule has 20 heavy (non-hydrogen) atoms. The van der Waals surface area contributed by atoms with Gasteiger partial charge in [0.1, 0.15) is 5.82 Å². The fourth-order valence-electron chi connectivity index (χ4n) is 1.76. The molecule has 3 nitrogen and oxygen atoms in total. The van der Waals surface area contributed by atoms with Gasteiger partial charge in [0.2, 0.25) is 5.28 Å². The maximum atomic E-state index is 12.9. The normalized spacial score (nSPS) is 12.2. The fourth-order valence-corrected chi connectivity index (χ4v) is 2.45. The van der Waals surface area contributed by atoms with Crippen LogP contribution in [0.3, 0.4) is 0 Å². The minimum absolute atomic E-state index is 0.0204. The van der Waals surface area contributed by atoms with E-state index in [1.54, 1.807) is 0 Å². The summed E-state index contributed by atoms with van der Waals surface area (Å²) < 4.78 is 40.2. The highest BCUT2D eigenvalue weighted by molar-refractivity contribution is 9.10. The number of halogens is 5. The molecule has 0 atom stereocenters. The second-order valence-corrected chi connectivity index (χ2v) is 5.67. The monoisotopic (exact) mass is 367 g/mol. The van der Waals surface area contributed by atoms with Crippen molar-refractivity contribution in [2.75, 3.05) is 0 Å². The molecule has 0 amide bonds. The molecule has 2 rings (SSSR count). The van der Waals surface area contributed by atoms with Gasteiger partial charge in [0, 0.05) is 10.4 Å². The molecule has 0 spiro atoms. The van der Waals surface area contributed by atoms with Crippen LogP contribution in [0.25, 0.3) is 5.69 Å². The Hall–Kier alpha value is -1.08. The van der Waals surface area contributed by atoms with Crippen molar-refractivity contribution in [1.29, 1.82) is 0 Å².